The lowest BCUT2D eigenvalue weighted by molar-refractivity contribution is -0.187. The fraction of sp³-hybridized carbons (Fsp3) is 0.500. The van der Waals surface area contributed by atoms with E-state index in [0.717, 1.165) is 18.4 Å². The van der Waals surface area contributed by atoms with Gasteiger partial charge in [-0.15, -0.1) is 0 Å². The maximum atomic E-state index is 12.4. The van der Waals surface area contributed by atoms with E-state index in [4.69, 9.17) is 25.6 Å². The summed E-state index contributed by atoms with van der Waals surface area (Å²) in [6, 6.07) is 7.21. The fourth-order valence-corrected chi connectivity index (χ4v) is 3.45. The molecule has 4 rings (SSSR count). The van der Waals surface area contributed by atoms with Crippen molar-refractivity contribution in [1.82, 2.24) is 15.0 Å². The Kier molecular flexibility index (Phi) is 4.93. The van der Waals surface area contributed by atoms with Gasteiger partial charge in [-0.2, -0.15) is 4.98 Å². The van der Waals surface area contributed by atoms with Gasteiger partial charge in [0.2, 0.25) is 17.6 Å². The molecule has 3 heterocycles. The topological polar surface area (TPSA) is 77.7 Å². The maximum Gasteiger partial charge on any atom is 0.227 e. The molecule has 8 heteroatoms. The molecular formula is C18H20ClN3O4. The van der Waals surface area contributed by atoms with Gasteiger partial charge in [-0.1, -0.05) is 16.8 Å². The van der Waals surface area contributed by atoms with Gasteiger partial charge in [0.1, 0.15) is 0 Å². The van der Waals surface area contributed by atoms with E-state index in [1.54, 1.807) is 12.1 Å². The molecule has 2 saturated heterocycles. The van der Waals surface area contributed by atoms with Crippen molar-refractivity contribution in [3.8, 4) is 11.4 Å². The number of aromatic nitrogens is 2. The Morgan fingerprint density at radius 2 is 1.85 bits per heavy atom. The highest BCUT2D eigenvalue weighted by atomic mass is 35.5. The van der Waals surface area contributed by atoms with Crippen LogP contribution in [-0.2, 0) is 20.7 Å². The molecule has 0 saturated carbocycles. The predicted octanol–water partition coefficient (Wildman–Crippen LogP) is 2.69. The smallest absolute Gasteiger partial charge is 0.227 e. The lowest BCUT2D eigenvalue weighted by Crippen LogP contribution is -2.47. The monoisotopic (exact) mass is 377 g/mol. The number of hydrogen-bond donors (Lipinski definition) is 0. The molecule has 138 valence electrons. The first-order valence-electron chi connectivity index (χ1n) is 8.78. The summed E-state index contributed by atoms with van der Waals surface area (Å²) in [7, 11) is 0. The minimum absolute atomic E-state index is 0.0871. The van der Waals surface area contributed by atoms with Crippen LogP contribution in [0.2, 0.25) is 5.02 Å². The molecule has 0 aliphatic carbocycles. The number of ether oxygens (including phenoxy) is 2. The summed E-state index contributed by atoms with van der Waals surface area (Å²) in [5.74, 6) is 0.583. The third-order valence-corrected chi connectivity index (χ3v) is 5.07. The Balaban J connectivity index is 1.29. The average Bonchev–Trinajstić information content (AvgIpc) is 3.31. The van der Waals surface area contributed by atoms with Crippen LogP contribution in [0, 0.1) is 0 Å². The number of halogens is 1. The molecule has 1 aromatic heterocycles. The van der Waals surface area contributed by atoms with Crippen LogP contribution in [0.5, 0.6) is 0 Å². The standard InChI is InChI=1S/C18H20ClN3O4/c19-14-3-1-13(2-4-14)17-20-15(26-21-17)5-6-16(23)22-9-7-18(8-10-22)24-11-12-25-18/h1-4H,5-12H2. The van der Waals surface area contributed by atoms with Gasteiger partial charge in [-0.05, 0) is 24.3 Å². The molecule has 0 unspecified atom stereocenters. The summed E-state index contributed by atoms with van der Waals surface area (Å²) < 4.78 is 16.6. The number of likely N-dealkylation sites (tertiary alicyclic amines) is 1. The van der Waals surface area contributed by atoms with Crippen LogP contribution >= 0.6 is 11.6 Å². The molecule has 1 spiro atoms. The average molecular weight is 378 g/mol. The van der Waals surface area contributed by atoms with Crippen molar-refractivity contribution in [3.05, 3.63) is 35.2 Å². The second-order valence-electron chi connectivity index (χ2n) is 6.51. The van der Waals surface area contributed by atoms with Gasteiger partial charge >= 0.3 is 0 Å². The van der Waals surface area contributed by atoms with Crippen molar-refractivity contribution in [2.75, 3.05) is 26.3 Å². The van der Waals surface area contributed by atoms with Crippen LogP contribution in [0.4, 0.5) is 0 Å². The van der Waals surface area contributed by atoms with Gasteiger partial charge < -0.3 is 18.9 Å². The normalized spacial score (nSPS) is 19.2. The van der Waals surface area contributed by atoms with Gasteiger partial charge in [0, 0.05) is 49.4 Å². The summed E-state index contributed by atoms with van der Waals surface area (Å²) in [6.45, 7) is 2.58. The second-order valence-corrected chi connectivity index (χ2v) is 6.94. The molecule has 0 radical (unpaired) electrons. The predicted molar refractivity (Wildman–Crippen MR) is 93.5 cm³/mol. The number of rotatable bonds is 4. The van der Waals surface area contributed by atoms with Crippen LogP contribution < -0.4 is 0 Å². The van der Waals surface area contributed by atoms with E-state index >= 15 is 0 Å². The zero-order valence-electron chi connectivity index (χ0n) is 14.3. The van der Waals surface area contributed by atoms with E-state index in [0.29, 0.717) is 55.9 Å². The third kappa shape index (κ3) is 3.75. The van der Waals surface area contributed by atoms with E-state index in [-0.39, 0.29) is 5.91 Å². The Labute approximate surface area is 156 Å². The first-order valence-corrected chi connectivity index (χ1v) is 9.16. The highest BCUT2D eigenvalue weighted by Gasteiger charge is 2.40. The van der Waals surface area contributed by atoms with Crippen molar-refractivity contribution < 1.29 is 18.8 Å². The molecule has 0 bridgehead atoms. The molecular weight excluding hydrogens is 358 g/mol. The van der Waals surface area contributed by atoms with E-state index in [1.165, 1.54) is 0 Å². The molecule has 1 amide bonds. The molecule has 2 aromatic rings. The number of nitrogens with zero attached hydrogens (tertiary/aromatic N) is 3. The summed E-state index contributed by atoms with van der Waals surface area (Å²) in [6.07, 6.45) is 2.21. The Hall–Kier alpha value is -1.96. The number of piperidine rings is 1. The summed E-state index contributed by atoms with van der Waals surface area (Å²) in [4.78, 5) is 18.6. The molecule has 2 fully saturated rings. The van der Waals surface area contributed by atoms with Gasteiger partial charge in [0.15, 0.2) is 5.79 Å². The maximum absolute atomic E-state index is 12.4. The highest BCUT2D eigenvalue weighted by Crippen LogP contribution is 2.31. The van der Waals surface area contributed by atoms with E-state index < -0.39 is 5.79 Å². The zero-order valence-corrected chi connectivity index (χ0v) is 15.1. The lowest BCUT2D eigenvalue weighted by atomic mass is 10.0. The molecule has 2 aliphatic heterocycles. The lowest BCUT2D eigenvalue weighted by Gasteiger charge is -2.37. The molecule has 7 nitrogen and oxygen atoms in total. The van der Waals surface area contributed by atoms with Crippen LogP contribution in [-0.4, -0.2) is 53.0 Å². The van der Waals surface area contributed by atoms with Crippen LogP contribution in [0.25, 0.3) is 11.4 Å². The van der Waals surface area contributed by atoms with Gasteiger partial charge in [-0.3, -0.25) is 4.79 Å². The largest absolute Gasteiger partial charge is 0.347 e. The molecule has 0 atom stereocenters. The van der Waals surface area contributed by atoms with E-state index in [2.05, 4.69) is 10.1 Å². The quantitative estimate of drug-likeness (QED) is 0.815. The molecule has 0 N–H and O–H groups in total. The number of amides is 1. The minimum Gasteiger partial charge on any atom is -0.347 e. The highest BCUT2D eigenvalue weighted by molar-refractivity contribution is 6.30. The number of hydrogen-bond acceptors (Lipinski definition) is 6. The second kappa shape index (κ2) is 7.34. The number of carbonyl (C=O) groups excluding carboxylic acids is 1. The Morgan fingerprint density at radius 3 is 2.54 bits per heavy atom. The van der Waals surface area contributed by atoms with E-state index in [9.17, 15) is 4.79 Å². The Morgan fingerprint density at radius 1 is 1.15 bits per heavy atom. The third-order valence-electron chi connectivity index (χ3n) is 4.81. The van der Waals surface area contributed by atoms with Crippen molar-refractivity contribution in [3.63, 3.8) is 0 Å². The summed E-state index contributed by atoms with van der Waals surface area (Å²) >= 11 is 5.88. The number of aryl methyl sites for hydroxylation is 1. The molecule has 2 aliphatic rings. The number of benzene rings is 1. The fourth-order valence-electron chi connectivity index (χ4n) is 3.33. The molecule has 26 heavy (non-hydrogen) atoms. The first kappa shape index (κ1) is 17.5. The van der Waals surface area contributed by atoms with Crippen molar-refractivity contribution >= 4 is 17.5 Å². The number of carbonyl (C=O) groups is 1. The van der Waals surface area contributed by atoms with Crippen molar-refractivity contribution in [2.45, 2.75) is 31.5 Å². The summed E-state index contributed by atoms with van der Waals surface area (Å²) in [5.41, 5.74) is 0.827. The van der Waals surface area contributed by atoms with Crippen LogP contribution in [0.1, 0.15) is 25.2 Å². The van der Waals surface area contributed by atoms with E-state index in [1.807, 2.05) is 17.0 Å². The van der Waals surface area contributed by atoms with Crippen molar-refractivity contribution in [1.29, 1.82) is 0 Å². The van der Waals surface area contributed by atoms with Gasteiger partial charge in [0.25, 0.3) is 0 Å². The molecule has 1 aromatic carbocycles. The summed E-state index contributed by atoms with van der Waals surface area (Å²) in [5, 5.41) is 4.62. The zero-order chi connectivity index (χ0) is 18.0. The van der Waals surface area contributed by atoms with Crippen LogP contribution in [0.3, 0.4) is 0 Å². The minimum atomic E-state index is -0.462. The van der Waals surface area contributed by atoms with Crippen molar-refractivity contribution in [2.24, 2.45) is 0 Å². The SMILES string of the molecule is O=C(CCc1nc(-c2ccc(Cl)cc2)no1)N1CCC2(CC1)OCCO2. The first-order chi connectivity index (χ1) is 12.6. The van der Waals surface area contributed by atoms with Gasteiger partial charge in [0.05, 0.1) is 13.2 Å². The van der Waals surface area contributed by atoms with Gasteiger partial charge in [-0.25, -0.2) is 0 Å². The Bertz CT molecular complexity index is 761. The van der Waals surface area contributed by atoms with Crippen LogP contribution in [0.15, 0.2) is 28.8 Å².